The normalized spacial score (nSPS) is 11.1. The summed E-state index contributed by atoms with van der Waals surface area (Å²) < 4.78 is 0. The van der Waals surface area contributed by atoms with Crippen LogP contribution in [-0.2, 0) is 9.63 Å². The van der Waals surface area contributed by atoms with Crippen LogP contribution in [0.3, 0.4) is 0 Å². The third-order valence-corrected chi connectivity index (χ3v) is 5.30. The van der Waals surface area contributed by atoms with E-state index in [0.29, 0.717) is 11.1 Å². The molecule has 0 saturated carbocycles. The van der Waals surface area contributed by atoms with Gasteiger partial charge in [0.25, 0.3) is 5.69 Å². The van der Waals surface area contributed by atoms with Crippen LogP contribution in [-0.4, -0.2) is 22.4 Å². The van der Waals surface area contributed by atoms with Gasteiger partial charge in [-0.25, -0.2) is 4.79 Å². The summed E-state index contributed by atoms with van der Waals surface area (Å²) in [6.45, 7) is 3.06. The van der Waals surface area contributed by atoms with Gasteiger partial charge in [0, 0.05) is 40.0 Å². The van der Waals surface area contributed by atoms with Gasteiger partial charge in [-0.2, -0.15) is 0 Å². The largest absolute Gasteiger partial charge is 0.332 e. The van der Waals surface area contributed by atoms with E-state index in [0.717, 1.165) is 15.4 Å². The summed E-state index contributed by atoms with van der Waals surface area (Å²) in [5.74, 6) is -0.990. The zero-order chi connectivity index (χ0) is 22.4. The summed E-state index contributed by atoms with van der Waals surface area (Å²) >= 11 is 1.42. The van der Waals surface area contributed by atoms with Crippen molar-refractivity contribution in [3.8, 4) is 0 Å². The van der Waals surface area contributed by atoms with Crippen LogP contribution in [0.2, 0.25) is 0 Å². The molecule has 3 aromatic rings. The molecule has 0 aliphatic heterocycles. The van der Waals surface area contributed by atoms with Gasteiger partial charge < -0.3 is 4.84 Å². The molecule has 3 rings (SSSR count). The maximum atomic E-state index is 13.1. The van der Waals surface area contributed by atoms with Gasteiger partial charge in [-0.15, -0.1) is 0 Å². The van der Waals surface area contributed by atoms with Crippen molar-refractivity contribution in [2.45, 2.75) is 23.6 Å². The average Bonchev–Trinajstić information content (AvgIpc) is 2.75. The fourth-order valence-corrected chi connectivity index (χ4v) is 3.56. The summed E-state index contributed by atoms with van der Waals surface area (Å²) in [5.41, 5.74) is 1.87. The number of nitro benzene ring substituents is 1. The first-order valence-electron chi connectivity index (χ1n) is 9.24. The molecule has 0 unspecified atom stereocenters. The monoisotopic (exact) mass is 434 g/mol. The molecule has 0 spiro atoms. The lowest BCUT2D eigenvalue weighted by molar-refractivity contribution is -0.384. The van der Waals surface area contributed by atoms with Gasteiger partial charge in [0.05, 0.1) is 4.92 Å². The Morgan fingerprint density at radius 1 is 0.935 bits per heavy atom. The van der Waals surface area contributed by atoms with Crippen LogP contribution in [0.5, 0.6) is 0 Å². The van der Waals surface area contributed by atoms with Crippen molar-refractivity contribution in [1.82, 2.24) is 0 Å². The summed E-state index contributed by atoms with van der Waals surface area (Å²) in [7, 11) is 0. The smallest absolute Gasteiger partial charge is 0.318 e. The van der Waals surface area contributed by atoms with E-state index in [9.17, 15) is 19.7 Å². The van der Waals surface area contributed by atoms with Crippen LogP contribution in [0.4, 0.5) is 5.69 Å². The van der Waals surface area contributed by atoms with Gasteiger partial charge in [0.1, 0.15) is 0 Å². The van der Waals surface area contributed by atoms with Crippen molar-refractivity contribution >= 4 is 34.9 Å². The number of hydrogen-bond donors (Lipinski definition) is 0. The Hall–Kier alpha value is -3.78. The second-order valence-corrected chi connectivity index (χ2v) is 7.69. The molecule has 0 aliphatic rings. The van der Waals surface area contributed by atoms with Crippen LogP contribution < -0.4 is 0 Å². The fraction of sp³-hybridized carbons (Fsp3) is 0.0870. The number of carbonyl (C=O) groups excluding carboxylic acids is 2. The second-order valence-electron chi connectivity index (χ2n) is 6.54. The molecular formula is C23H18N2O5S. The number of Topliss-reactive ketones (excluding diaryl/α,β-unsaturated/α-hetero) is 1. The van der Waals surface area contributed by atoms with Gasteiger partial charge >= 0.3 is 5.97 Å². The highest BCUT2D eigenvalue weighted by atomic mass is 32.2. The van der Waals surface area contributed by atoms with E-state index >= 15 is 0 Å². The Morgan fingerprint density at radius 3 is 2.06 bits per heavy atom. The number of oxime groups is 1. The molecule has 0 aliphatic carbocycles. The van der Waals surface area contributed by atoms with E-state index in [1.807, 2.05) is 19.1 Å². The van der Waals surface area contributed by atoms with E-state index in [4.69, 9.17) is 4.84 Å². The number of rotatable bonds is 7. The summed E-state index contributed by atoms with van der Waals surface area (Å²) in [6, 6.07) is 20.3. The molecule has 0 amide bonds. The van der Waals surface area contributed by atoms with Crippen LogP contribution in [0.15, 0.2) is 87.7 Å². The third-order valence-electron chi connectivity index (χ3n) is 4.28. The first-order valence-corrected chi connectivity index (χ1v) is 10.1. The first-order chi connectivity index (χ1) is 14.8. The molecule has 7 nitrogen and oxygen atoms in total. The molecular weight excluding hydrogens is 416 g/mol. The number of ketones is 1. The Kier molecular flexibility index (Phi) is 6.94. The molecule has 3 aromatic carbocycles. The molecule has 0 atom stereocenters. The highest BCUT2D eigenvalue weighted by Crippen LogP contribution is 2.29. The predicted molar refractivity (Wildman–Crippen MR) is 117 cm³/mol. The lowest BCUT2D eigenvalue weighted by Crippen LogP contribution is -2.18. The average molecular weight is 434 g/mol. The molecule has 0 N–H and O–H groups in total. The molecule has 0 saturated heterocycles. The number of hydrogen-bond acceptors (Lipinski definition) is 7. The molecule has 0 heterocycles. The van der Waals surface area contributed by atoms with Crippen LogP contribution in [0.1, 0.15) is 28.4 Å². The third kappa shape index (κ3) is 5.64. The van der Waals surface area contributed by atoms with Crippen LogP contribution in [0.25, 0.3) is 0 Å². The lowest BCUT2D eigenvalue weighted by Gasteiger charge is -2.09. The van der Waals surface area contributed by atoms with Crippen molar-refractivity contribution in [3.05, 3.63) is 99.6 Å². The first kappa shape index (κ1) is 21.9. The number of nitrogens with zero attached hydrogens (tertiary/aromatic N) is 2. The van der Waals surface area contributed by atoms with Crippen molar-refractivity contribution in [2.75, 3.05) is 0 Å². The highest BCUT2D eigenvalue weighted by molar-refractivity contribution is 7.99. The topological polar surface area (TPSA) is 98.9 Å². The zero-order valence-corrected chi connectivity index (χ0v) is 17.6. The van der Waals surface area contributed by atoms with E-state index in [1.54, 1.807) is 48.5 Å². The molecule has 31 heavy (non-hydrogen) atoms. The van der Waals surface area contributed by atoms with Crippen molar-refractivity contribution in [3.63, 3.8) is 0 Å². The molecule has 0 radical (unpaired) electrons. The number of aryl methyl sites for hydroxylation is 1. The van der Waals surface area contributed by atoms with Crippen LogP contribution >= 0.6 is 11.8 Å². The Labute approximate surface area is 182 Å². The molecule has 8 heteroatoms. The number of carbonyl (C=O) groups is 2. The number of benzene rings is 3. The summed E-state index contributed by atoms with van der Waals surface area (Å²) in [5, 5.41) is 14.6. The molecule has 0 fully saturated rings. The van der Waals surface area contributed by atoms with Crippen molar-refractivity contribution in [2.24, 2.45) is 5.16 Å². The minimum absolute atomic E-state index is 0.0288. The van der Waals surface area contributed by atoms with Gasteiger partial charge in [-0.1, -0.05) is 41.2 Å². The van der Waals surface area contributed by atoms with Crippen molar-refractivity contribution < 1.29 is 19.3 Å². The Morgan fingerprint density at radius 2 is 1.52 bits per heavy atom. The van der Waals surface area contributed by atoms with E-state index in [2.05, 4.69) is 5.16 Å². The molecule has 0 aromatic heterocycles. The number of non-ortho nitro benzene ring substituents is 1. The zero-order valence-electron chi connectivity index (χ0n) is 16.8. The van der Waals surface area contributed by atoms with Gasteiger partial charge in [-0.05, 0) is 48.9 Å². The maximum absolute atomic E-state index is 13.1. The second kappa shape index (κ2) is 9.82. The SMILES string of the molecule is CC(=O)ON=C(C(=O)c1ccc(Sc2ccc([N+](=O)[O-])cc2)cc1)c1ccccc1C. The van der Waals surface area contributed by atoms with Crippen molar-refractivity contribution in [1.29, 1.82) is 0 Å². The van der Waals surface area contributed by atoms with E-state index < -0.39 is 10.9 Å². The Bertz CT molecular complexity index is 1160. The van der Waals surface area contributed by atoms with E-state index in [1.165, 1.54) is 30.8 Å². The fourth-order valence-electron chi connectivity index (χ4n) is 2.74. The molecule has 156 valence electrons. The maximum Gasteiger partial charge on any atom is 0.332 e. The summed E-state index contributed by atoms with van der Waals surface area (Å²) in [4.78, 5) is 41.1. The summed E-state index contributed by atoms with van der Waals surface area (Å²) in [6.07, 6.45) is 0. The highest BCUT2D eigenvalue weighted by Gasteiger charge is 2.19. The van der Waals surface area contributed by atoms with Gasteiger partial charge in [0.2, 0.25) is 5.78 Å². The minimum atomic E-state index is -0.617. The van der Waals surface area contributed by atoms with Gasteiger partial charge in [0.15, 0.2) is 5.71 Å². The van der Waals surface area contributed by atoms with E-state index in [-0.39, 0.29) is 17.2 Å². The minimum Gasteiger partial charge on any atom is -0.318 e. The Balaban J connectivity index is 1.83. The molecule has 0 bridgehead atoms. The van der Waals surface area contributed by atoms with Gasteiger partial charge in [-0.3, -0.25) is 14.9 Å². The number of nitro groups is 1. The lowest BCUT2D eigenvalue weighted by atomic mass is 9.97. The predicted octanol–water partition coefficient (Wildman–Crippen LogP) is 5.20. The quantitative estimate of drug-likeness (QED) is 0.167. The standard InChI is InChI=1S/C23H18N2O5S/c1-15-5-3-4-6-21(15)22(24-30-16(2)26)23(27)17-7-11-19(12-8-17)31-20-13-9-18(10-14-20)25(28)29/h3-14H,1-2H3. The van der Waals surface area contributed by atoms with Crippen LogP contribution in [0, 0.1) is 17.0 Å².